The van der Waals surface area contributed by atoms with Crippen LogP contribution in [0.5, 0.6) is 0 Å². The Morgan fingerprint density at radius 3 is 1.81 bits per heavy atom. The number of rotatable bonds is 4. The molecule has 0 atom stereocenters. The number of para-hydroxylation sites is 2. The Bertz CT molecular complexity index is 3040. The van der Waals surface area contributed by atoms with E-state index in [0.717, 1.165) is 55.3 Å². The zero-order valence-corrected chi connectivity index (χ0v) is 29.2. The van der Waals surface area contributed by atoms with Crippen LogP contribution in [0.1, 0.15) is 25.0 Å². The first-order valence-corrected chi connectivity index (χ1v) is 18.0. The predicted octanol–water partition coefficient (Wildman–Crippen LogP) is 12.2. The zero-order chi connectivity index (χ0) is 35.3. The monoisotopic (exact) mass is 680 g/mol. The molecule has 0 amide bonds. The average molecular weight is 681 g/mol. The van der Waals surface area contributed by atoms with E-state index in [0.29, 0.717) is 17.5 Å². The molecule has 5 heteroatoms. The Kier molecular flexibility index (Phi) is 6.23. The van der Waals surface area contributed by atoms with Crippen molar-refractivity contribution in [1.82, 2.24) is 19.5 Å². The van der Waals surface area contributed by atoms with Gasteiger partial charge in [0, 0.05) is 38.3 Å². The lowest BCUT2D eigenvalue weighted by molar-refractivity contribution is 0.660. The van der Waals surface area contributed by atoms with E-state index >= 15 is 0 Å². The third kappa shape index (κ3) is 4.34. The summed E-state index contributed by atoms with van der Waals surface area (Å²) in [4.78, 5) is 15.6. The van der Waals surface area contributed by atoms with Crippen LogP contribution in [0.3, 0.4) is 0 Å². The van der Waals surface area contributed by atoms with Crippen LogP contribution in [-0.4, -0.2) is 19.5 Å². The molecule has 7 aromatic carbocycles. The Morgan fingerprint density at radius 2 is 1.04 bits per heavy atom. The number of hydrogen-bond donors (Lipinski definition) is 0. The Labute approximate surface area is 305 Å². The molecule has 3 heterocycles. The highest BCUT2D eigenvalue weighted by Gasteiger charge is 2.35. The van der Waals surface area contributed by atoms with Gasteiger partial charge in [0.15, 0.2) is 17.5 Å². The van der Waals surface area contributed by atoms with Gasteiger partial charge < -0.3 is 8.98 Å². The van der Waals surface area contributed by atoms with Crippen molar-refractivity contribution in [3.8, 4) is 51.0 Å². The second-order valence-electron chi connectivity index (χ2n) is 14.4. The molecule has 3 aromatic heterocycles. The van der Waals surface area contributed by atoms with Crippen molar-refractivity contribution in [2.24, 2.45) is 0 Å². The van der Waals surface area contributed by atoms with Crippen molar-refractivity contribution in [2.45, 2.75) is 19.3 Å². The summed E-state index contributed by atoms with van der Waals surface area (Å²) in [7, 11) is 0. The van der Waals surface area contributed by atoms with Gasteiger partial charge in [-0.25, -0.2) is 15.0 Å². The van der Waals surface area contributed by atoms with Crippen LogP contribution < -0.4 is 0 Å². The summed E-state index contributed by atoms with van der Waals surface area (Å²) in [6, 6.07) is 55.2. The summed E-state index contributed by atoms with van der Waals surface area (Å²) in [5.74, 6) is 1.86. The van der Waals surface area contributed by atoms with Crippen molar-refractivity contribution < 1.29 is 4.42 Å². The van der Waals surface area contributed by atoms with E-state index in [-0.39, 0.29) is 5.41 Å². The van der Waals surface area contributed by atoms with E-state index in [1.54, 1.807) is 0 Å². The number of fused-ring (bicyclic) bond motifs is 9. The van der Waals surface area contributed by atoms with E-state index in [2.05, 4.69) is 146 Å². The van der Waals surface area contributed by atoms with Crippen LogP contribution in [0.15, 0.2) is 162 Å². The van der Waals surface area contributed by atoms with Gasteiger partial charge in [0.1, 0.15) is 11.2 Å². The molecular weight excluding hydrogens is 649 g/mol. The Balaban J connectivity index is 1.18. The molecule has 0 fully saturated rings. The van der Waals surface area contributed by atoms with Gasteiger partial charge in [0.25, 0.3) is 0 Å². The first-order chi connectivity index (χ1) is 26.0. The fraction of sp³-hybridized carbons (Fsp3) is 0.0625. The first kappa shape index (κ1) is 29.8. The lowest BCUT2D eigenvalue weighted by atomic mass is 9.82. The van der Waals surface area contributed by atoms with Gasteiger partial charge >= 0.3 is 0 Å². The van der Waals surface area contributed by atoms with E-state index in [1.165, 1.54) is 33.0 Å². The van der Waals surface area contributed by atoms with Crippen LogP contribution in [0, 0.1) is 0 Å². The third-order valence-corrected chi connectivity index (χ3v) is 11.1. The molecule has 0 saturated carbocycles. The zero-order valence-electron chi connectivity index (χ0n) is 29.2. The summed E-state index contributed by atoms with van der Waals surface area (Å²) in [6.45, 7) is 4.60. The maximum atomic E-state index is 6.63. The highest BCUT2D eigenvalue weighted by atomic mass is 16.3. The van der Waals surface area contributed by atoms with Gasteiger partial charge in [-0.2, -0.15) is 0 Å². The minimum absolute atomic E-state index is 0.148. The van der Waals surface area contributed by atoms with Gasteiger partial charge in [-0.1, -0.05) is 135 Å². The number of aromatic nitrogens is 4. The van der Waals surface area contributed by atoms with Crippen molar-refractivity contribution in [3.63, 3.8) is 0 Å². The summed E-state index contributed by atoms with van der Waals surface area (Å²) in [6.07, 6.45) is 0. The van der Waals surface area contributed by atoms with Gasteiger partial charge in [0.05, 0.1) is 22.1 Å². The normalized spacial score (nSPS) is 13.2. The lowest BCUT2D eigenvalue weighted by Gasteiger charge is -2.21. The second kappa shape index (κ2) is 11.1. The van der Waals surface area contributed by atoms with Crippen molar-refractivity contribution in [1.29, 1.82) is 0 Å². The van der Waals surface area contributed by atoms with Crippen molar-refractivity contribution in [2.75, 3.05) is 0 Å². The van der Waals surface area contributed by atoms with E-state index < -0.39 is 0 Å². The fourth-order valence-corrected chi connectivity index (χ4v) is 8.59. The van der Waals surface area contributed by atoms with Crippen LogP contribution >= 0.6 is 0 Å². The van der Waals surface area contributed by atoms with E-state index in [4.69, 9.17) is 19.4 Å². The summed E-state index contributed by atoms with van der Waals surface area (Å²) < 4.78 is 8.99. The molecule has 53 heavy (non-hydrogen) atoms. The molecule has 0 spiro atoms. The smallest absolute Gasteiger partial charge is 0.164 e. The molecule has 0 radical (unpaired) electrons. The van der Waals surface area contributed by atoms with Gasteiger partial charge in [-0.15, -0.1) is 0 Å². The number of nitrogens with zero attached hydrogens (tertiary/aromatic N) is 4. The van der Waals surface area contributed by atoms with Gasteiger partial charge in [0.2, 0.25) is 0 Å². The summed E-state index contributed by atoms with van der Waals surface area (Å²) in [5.41, 5.74) is 12.7. The number of furan rings is 1. The van der Waals surface area contributed by atoms with Crippen molar-refractivity contribution in [3.05, 3.63) is 169 Å². The molecule has 250 valence electrons. The SMILES string of the molecule is CC1(C)c2ccccc2-c2ccc(-c3nc(-c4ccccc4)nc(-c4cccc5oc6cccc(-n7c8ccccc8c8ccccc87)c6c45)n3)cc21. The molecule has 0 unspecified atom stereocenters. The van der Waals surface area contributed by atoms with Crippen LogP contribution in [0.25, 0.3) is 94.7 Å². The van der Waals surface area contributed by atoms with Crippen LogP contribution in [0.4, 0.5) is 0 Å². The lowest BCUT2D eigenvalue weighted by Crippen LogP contribution is -2.15. The molecule has 1 aliphatic rings. The highest BCUT2D eigenvalue weighted by molar-refractivity contribution is 6.17. The number of benzene rings is 7. The molecular formula is C48H32N4O. The molecule has 0 aliphatic heterocycles. The Morgan fingerprint density at radius 1 is 0.453 bits per heavy atom. The fourth-order valence-electron chi connectivity index (χ4n) is 8.59. The average Bonchev–Trinajstić information content (AvgIpc) is 3.84. The van der Waals surface area contributed by atoms with Crippen LogP contribution in [-0.2, 0) is 5.41 Å². The Hall–Kier alpha value is -6.85. The predicted molar refractivity (Wildman–Crippen MR) is 215 cm³/mol. The standard InChI is InChI=1S/C48H32N4O/c1-48(2)36-20-9-6-16-31(36)32-27-26-30(28-37(32)48)46-49-45(29-14-4-3-5-15-29)50-47(51-46)35-19-12-24-41-43(35)44-40(23-13-25-42(44)53-41)52-38-21-10-7-17-33(38)34-18-8-11-22-39(34)52/h3-28H,1-2H3. The maximum Gasteiger partial charge on any atom is 0.164 e. The second-order valence-corrected chi connectivity index (χ2v) is 14.4. The van der Waals surface area contributed by atoms with Crippen LogP contribution in [0.2, 0.25) is 0 Å². The first-order valence-electron chi connectivity index (χ1n) is 18.0. The molecule has 1 aliphatic carbocycles. The third-order valence-electron chi connectivity index (χ3n) is 11.1. The quantitative estimate of drug-likeness (QED) is 0.186. The molecule has 11 rings (SSSR count). The highest BCUT2D eigenvalue weighted by Crippen LogP contribution is 2.49. The summed E-state index contributed by atoms with van der Waals surface area (Å²) in [5, 5.41) is 4.42. The summed E-state index contributed by atoms with van der Waals surface area (Å²) >= 11 is 0. The molecule has 0 bridgehead atoms. The van der Waals surface area contributed by atoms with E-state index in [9.17, 15) is 0 Å². The topological polar surface area (TPSA) is 56.7 Å². The maximum absolute atomic E-state index is 6.63. The van der Waals surface area contributed by atoms with Gasteiger partial charge in [-0.3, -0.25) is 0 Å². The van der Waals surface area contributed by atoms with E-state index in [1.807, 2.05) is 30.3 Å². The molecule has 0 saturated heterocycles. The molecule has 0 N–H and O–H groups in total. The minimum atomic E-state index is -0.148. The molecule has 10 aromatic rings. The molecule has 5 nitrogen and oxygen atoms in total. The minimum Gasteiger partial charge on any atom is -0.456 e. The van der Waals surface area contributed by atoms with Gasteiger partial charge in [-0.05, 0) is 58.7 Å². The largest absolute Gasteiger partial charge is 0.456 e. The number of hydrogen-bond acceptors (Lipinski definition) is 4. The van der Waals surface area contributed by atoms with Crippen molar-refractivity contribution >= 4 is 43.7 Å².